The molecular weight excluding hydrogens is 168 g/mol. The molecule has 0 spiro atoms. The maximum Gasteiger partial charge on any atom is 0.0687 e. The molecule has 0 aromatic rings. The number of aliphatic hydroxyl groups excluding tert-OH is 1. The Morgan fingerprint density at radius 2 is 2.25 bits per heavy atom. The molecule has 1 saturated carbocycles. The van der Waals surface area contributed by atoms with Gasteiger partial charge in [0, 0.05) is 4.75 Å². The van der Waals surface area contributed by atoms with Gasteiger partial charge in [0.05, 0.1) is 6.10 Å². The topological polar surface area (TPSA) is 20.2 Å². The van der Waals surface area contributed by atoms with Crippen molar-refractivity contribution in [3.63, 3.8) is 0 Å². The molecule has 0 bridgehead atoms. The molecule has 0 aromatic carbocycles. The number of allylic oxidation sites excluding steroid dienone is 1. The maximum absolute atomic E-state index is 9.74. The van der Waals surface area contributed by atoms with Crippen molar-refractivity contribution in [1.29, 1.82) is 0 Å². The van der Waals surface area contributed by atoms with Gasteiger partial charge in [-0.2, -0.15) is 12.6 Å². The molecule has 0 unspecified atom stereocenters. The van der Waals surface area contributed by atoms with Crippen LogP contribution >= 0.6 is 12.6 Å². The molecule has 12 heavy (non-hydrogen) atoms. The van der Waals surface area contributed by atoms with Crippen LogP contribution in [0.2, 0.25) is 0 Å². The first-order valence-corrected chi connectivity index (χ1v) is 4.94. The normalized spacial score (nSPS) is 42.7. The van der Waals surface area contributed by atoms with Crippen molar-refractivity contribution >= 4 is 12.6 Å². The van der Waals surface area contributed by atoms with Crippen LogP contribution in [0.25, 0.3) is 0 Å². The van der Waals surface area contributed by atoms with Gasteiger partial charge in [0.15, 0.2) is 0 Å². The lowest BCUT2D eigenvalue weighted by Gasteiger charge is -2.38. The van der Waals surface area contributed by atoms with Gasteiger partial charge in [-0.25, -0.2) is 0 Å². The minimum atomic E-state index is -0.281. The molecule has 0 aliphatic heterocycles. The highest BCUT2D eigenvalue weighted by molar-refractivity contribution is 7.81. The van der Waals surface area contributed by atoms with Gasteiger partial charge in [0.25, 0.3) is 0 Å². The summed E-state index contributed by atoms with van der Waals surface area (Å²) in [5, 5.41) is 9.74. The van der Waals surface area contributed by atoms with Crippen LogP contribution < -0.4 is 0 Å². The number of rotatable bonds is 1. The van der Waals surface area contributed by atoms with Gasteiger partial charge >= 0.3 is 0 Å². The Morgan fingerprint density at radius 1 is 1.67 bits per heavy atom. The number of hydrogen-bond acceptors (Lipinski definition) is 2. The number of thiol groups is 1. The predicted molar refractivity (Wildman–Crippen MR) is 55.6 cm³/mol. The smallest absolute Gasteiger partial charge is 0.0687 e. The predicted octanol–water partition coefficient (Wildman–Crippen LogP) is 2.41. The molecule has 0 radical (unpaired) electrons. The third-order valence-electron chi connectivity index (χ3n) is 2.92. The molecule has 1 fully saturated rings. The van der Waals surface area contributed by atoms with Crippen molar-refractivity contribution in [3.8, 4) is 0 Å². The average Bonchev–Trinajstić information content (AvgIpc) is 1.94. The first-order chi connectivity index (χ1) is 5.43. The van der Waals surface area contributed by atoms with Crippen molar-refractivity contribution in [2.75, 3.05) is 0 Å². The fourth-order valence-corrected chi connectivity index (χ4v) is 1.96. The van der Waals surface area contributed by atoms with Gasteiger partial charge < -0.3 is 5.11 Å². The largest absolute Gasteiger partial charge is 0.392 e. The molecule has 1 rings (SSSR count). The van der Waals surface area contributed by atoms with Crippen LogP contribution in [0.3, 0.4) is 0 Å². The number of hydrogen-bond donors (Lipinski definition) is 2. The van der Waals surface area contributed by atoms with Crippen molar-refractivity contribution in [2.24, 2.45) is 5.92 Å². The zero-order chi connectivity index (χ0) is 9.35. The summed E-state index contributed by atoms with van der Waals surface area (Å²) in [7, 11) is 0. The lowest BCUT2D eigenvalue weighted by Crippen LogP contribution is -2.40. The van der Waals surface area contributed by atoms with Crippen molar-refractivity contribution in [1.82, 2.24) is 0 Å². The molecule has 1 nitrogen and oxygen atoms in total. The maximum atomic E-state index is 9.74. The Balaban J connectivity index is 2.58. The second kappa shape index (κ2) is 3.43. The monoisotopic (exact) mass is 186 g/mol. The number of aliphatic hydroxyl groups is 1. The van der Waals surface area contributed by atoms with E-state index in [1.807, 2.05) is 13.8 Å². The SMILES string of the molecule is C=C(C)[C@@H]1CC[C@](C)(S)[C@@H](O)C1. The lowest BCUT2D eigenvalue weighted by atomic mass is 9.77. The van der Waals surface area contributed by atoms with Gasteiger partial charge in [-0.05, 0) is 39.0 Å². The highest BCUT2D eigenvalue weighted by Crippen LogP contribution is 2.38. The van der Waals surface area contributed by atoms with Crippen LogP contribution in [0.1, 0.15) is 33.1 Å². The first-order valence-electron chi connectivity index (χ1n) is 4.49. The molecule has 1 N–H and O–H groups in total. The van der Waals surface area contributed by atoms with E-state index in [0.717, 1.165) is 19.3 Å². The van der Waals surface area contributed by atoms with Crippen molar-refractivity contribution in [3.05, 3.63) is 12.2 Å². The molecule has 0 aromatic heterocycles. The van der Waals surface area contributed by atoms with Crippen LogP contribution in [0.5, 0.6) is 0 Å². The van der Waals surface area contributed by atoms with Gasteiger partial charge in [-0.3, -0.25) is 0 Å². The van der Waals surface area contributed by atoms with E-state index >= 15 is 0 Å². The molecule has 70 valence electrons. The van der Waals surface area contributed by atoms with E-state index in [9.17, 15) is 5.11 Å². The van der Waals surface area contributed by atoms with E-state index in [4.69, 9.17) is 0 Å². The van der Waals surface area contributed by atoms with Crippen LogP contribution in [0.15, 0.2) is 12.2 Å². The van der Waals surface area contributed by atoms with Gasteiger partial charge in [-0.15, -0.1) is 0 Å². The molecule has 0 heterocycles. The average molecular weight is 186 g/mol. The Morgan fingerprint density at radius 3 is 2.67 bits per heavy atom. The summed E-state index contributed by atoms with van der Waals surface area (Å²) in [6.45, 7) is 7.97. The Bertz CT molecular complexity index is 186. The lowest BCUT2D eigenvalue weighted by molar-refractivity contribution is 0.0806. The highest BCUT2D eigenvalue weighted by atomic mass is 32.1. The van der Waals surface area contributed by atoms with Gasteiger partial charge in [0.2, 0.25) is 0 Å². The summed E-state index contributed by atoms with van der Waals surface area (Å²) < 4.78 is -0.189. The van der Waals surface area contributed by atoms with E-state index in [-0.39, 0.29) is 10.9 Å². The van der Waals surface area contributed by atoms with E-state index in [1.165, 1.54) is 5.57 Å². The minimum absolute atomic E-state index is 0.189. The summed E-state index contributed by atoms with van der Waals surface area (Å²) in [5.41, 5.74) is 1.19. The molecule has 2 heteroatoms. The standard InChI is InChI=1S/C10H18OS/c1-7(2)8-4-5-10(3,12)9(11)6-8/h8-9,11-12H,1,4-6H2,2-3H3/t8-,9+,10+/m1/s1. The van der Waals surface area contributed by atoms with Gasteiger partial charge in [0.1, 0.15) is 0 Å². The minimum Gasteiger partial charge on any atom is -0.392 e. The van der Waals surface area contributed by atoms with E-state index in [2.05, 4.69) is 19.2 Å². The van der Waals surface area contributed by atoms with Crippen molar-refractivity contribution < 1.29 is 5.11 Å². The fourth-order valence-electron chi connectivity index (χ4n) is 1.72. The fraction of sp³-hybridized carbons (Fsp3) is 0.800. The van der Waals surface area contributed by atoms with Crippen LogP contribution in [-0.4, -0.2) is 16.0 Å². The van der Waals surface area contributed by atoms with Crippen LogP contribution in [0, 0.1) is 5.92 Å². The molecule has 0 saturated heterocycles. The molecular formula is C10H18OS. The molecule has 1 aliphatic carbocycles. The second-order valence-corrected chi connectivity index (χ2v) is 5.21. The Kier molecular flexibility index (Phi) is 2.89. The quantitative estimate of drug-likeness (QED) is 0.476. The summed E-state index contributed by atoms with van der Waals surface area (Å²) in [5.74, 6) is 0.500. The molecule has 0 amide bonds. The van der Waals surface area contributed by atoms with E-state index < -0.39 is 0 Å². The van der Waals surface area contributed by atoms with E-state index in [1.54, 1.807) is 0 Å². The van der Waals surface area contributed by atoms with E-state index in [0.29, 0.717) is 5.92 Å². The van der Waals surface area contributed by atoms with Gasteiger partial charge in [-0.1, -0.05) is 12.2 Å². The summed E-state index contributed by atoms with van der Waals surface area (Å²) >= 11 is 4.44. The summed E-state index contributed by atoms with van der Waals surface area (Å²) in [6, 6.07) is 0. The Labute approximate surface area is 80.3 Å². The Hall–Kier alpha value is 0.0500. The van der Waals surface area contributed by atoms with Crippen LogP contribution in [-0.2, 0) is 0 Å². The van der Waals surface area contributed by atoms with Crippen LogP contribution in [0.4, 0.5) is 0 Å². The highest BCUT2D eigenvalue weighted by Gasteiger charge is 2.36. The third-order valence-corrected chi connectivity index (χ3v) is 3.44. The zero-order valence-corrected chi connectivity index (χ0v) is 8.77. The first kappa shape index (κ1) is 10.1. The summed E-state index contributed by atoms with van der Waals surface area (Å²) in [4.78, 5) is 0. The van der Waals surface area contributed by atoms with Crippen molar-refractivity contribution in [2.45, 2.75) is 44.0 Å². The molecule has 1 aliphatic rings. The molecule has 3 atom stereocenters. The zero-order valence-electron chi connectivity index (χ0n) is 7.88. The second-order valence-electron chi connectivity index (χ2n) is 4.19. The third kappa shape index (κ3) is 2.05. The summed E-state index contributed by atoms with van der Waals surface area (Å²) in [6.07, 6.45) is 2.65.